The molecule has 0 amide bonds. The third-order valence-corrected chi connectivity index (χ3v) is 21.3. The zero-order valence-electron chi connectivity index (χ0n) is 65.4. The summed E-state index contributed by atoms with van der Waals surface area (Å²) in [4.78, 5) is 116. The summed E-state index contributed by atoms with van der Waals surface area (Å²) in [6.45, 7) is 27.8. The van der Waals surface area contributed by atoms with Crippen LogP contribution < -0.4 is 22.2 Å². The first-order chi connectivity index (χ1) is 51.9. The second-order valence-electron chi connectivity index (χ2n) is 31.9. The number of nitriles is 6. The molecule has 4 aliphatic rings. The van der Waals surface area contributed by atoms with Crippen LogP contribution in [0.1, 0.15) is 306 Å². The number of aliphatic hydroxyl groups excluding tert-OH is 1. The normalized spacial score (nSPS) is 14.3. The van der Waals surface area contributed by atoms with E-state index < -0.39 is 11.0 Å². The minimum Gasteiger partial charge on any atom is -0.396 e. The number of carbonyl (C=O) groups excluding carboxylic acids is 4. The van der Waals surface area contributed by atoms with Crippen molar-refractivity contribution in [1.29, 1.82) is 31.6 Å². The molecule has 8 aromatic rings. The molecule has 0 radical (unpaired) electrons. The number of rotatable bonds is 21. The van der Waals surface area contributed by atoms with E-state index in [0.29, 0.717) is 139 Å². The lowest BCUT2D eigenvalue weighted by atomic mass is 9.84. The summed E-state index contributed by atoms with van der Waals surface area (Å²) < 4.78 is 0. The average Bonchev–Trinajstić information content (AvgIpc) is 1.52. The van der Waals surface area contributed by atoms with E-state index in [1.807, 2.05) is 95.2 Å². The van der Waals surface area contributed by atoms with E-state index in [4.69, 9.17) is 0 Å². The number of H-pyrrole nitrogens is 4. The number of nitrogens with one attached hydrogen (secondary N) is 4. The van der Waals surface area contributed by atoms with Crippen molar-refractivity contribution < 1.29 is 29.4 Å². The fraction of sp³-hybridized carbons (Fsp3) is 0.400. The van der Waals surface area contributed by atoms with Gasteiger partial charge in [0.1, 0.15) is 0 Å². The fourth-order valence-corrected chi connectivity index (χ4v) is 14.7. The number of hydrogen-bond acceptors (Lipinski definition) is 16. The SMILES string of the molecule is Cc1[nH]c(=O)c(C(C)C)c(C(=O)c2cc(C#N)cc(C#N)c2)c1CC1(CO)CC1.Cc1cc(C#N)cc(C(=O)c2c(CC3(C#N)CC3)c(C)[nH]c(=O)c2C(C)C)c1.Cc1cc(C#N)cc(C(=O)c2c(CC3(O)CC3)c(C)[nH]c(=O)c2C(C)C)c1.Cc1cc(C#N)cc(C(=O)c2c(CC3CC3)c(C)[nH]c(=O)c2C(C)C)c1. The Balaban J connectivity index is 0.000000169. The first-order valence-corrected chi connectivity index (χ1v) is 37.4. The lowest BCUT2D eigenvalue weighted by molar-refractivity contribution is 0.102. The number of aryl methyl sites for hydroxylation is 7. The molecule has 20 nitrogen and oxygen atoms in total. The maximum Gasteiger partial charge on any atom is 0.252 e. The molecule has 0 unspecified atom stereocenters. The zero-order chi connectivity index (χ0) is 80.9. The van der Waals surface area contributed by atoms with Crippen LogP contribution >= 0.6 is 0 Å². The van der Waals surface area contributed by atoms with Crippen LogP contribution in [0.15, 0.2) is 92.0 Å². The van der Waals surface area contributed by atoms with Crippen molar-refractivity contribution >= 4 is 23.1 Å². The Hall–Kier alpha value is -11.8. The lowest BCUT2D eigenvalue weighted by Gasteiger charge is -2.21. The van der Waals surface area contributed by atoms with Gasteiger partial charge in [-0.25, -0.2) is 0 Å². The van der Waals surface area contributed by atoms with E-state index in [1.165, 1.54) is 31.0 Å². The van der Waals surface area contributed by atoms with Gasteiger partial charge < -0.3 is 30.1 Å². The molecule has 4 heterocycles. The number of aromatic nitrogens is 4. The lowest BCUT2D eigenvalue weighted by Crippen LogP contribution is -2.26. The average molecular weight is 1480 g/mol. The summed E-state index contributed by atoms with van der Waals surface area (Å²) in [5.74, 6) is -1.03. The monoisotopic (exact) mass is 1470 g/mol. The van der Waals surface area contributed by atoms with Crippen molar-refractivity contribution in [3.63, 3.8) is 0 Å². The van der Waals surface area contributed by atoms with Gasteiger partial charge in [-0.05, 0) is 266 Å². The van der Waals surface area contributed by atoms with Crippen LogP contribution in [-0.2, 0) is 25.7 Å². The highest BCUT2D eigenvalue weighted by molar-refractivity contribution is 6.14. The zero-order valence-corrected chi connectivity index (χ0v) is 65.4. The van der Waals surface area contributed by atoms with E-state index in [1.54, 1.807) is 75.4 Å². The van der Waals surface area contributed by atoms with Crippen LogP contribution in [0.25, 0.3) is 0 Å². The minimum absolute atomic E-state index is 0.0265. The molecule has 0 spiro atoms. The summed E-state index contributed by atoms with van der Waals surface area (Å²) in [5, 5.41) is 76.1. The fourth-order valence-electron chi connectivity index (χ4n) is 14.7. The number of aromatic amines is 4. The molecule has 12 rings (SSSR count). The number of hydrogen-bond donors (Lipinski definition) is 6. The molecular formula is C90H94N10O10. The highest BCUT2D eigenvalue weighted by Crippen LogP contribution is 2.50. The van der Waals surface area contributed by atoms with Crippen molar-refractivity contribution in [3.05, 3.63) is 271 Å². The largest absolute Gasteiger partial charge is 0.396 e. The molecule has 6 N–H and O–H groups in total. The van der Waals surface area contributed by atoms with Crippen LogP contribution in [0.2, 0.25) is 0 Å². The van der Waals surface area contributed by atoms with Gasteiger partial charge in [-0.2, -0.15) is 31.6 Å². The van der Waals surface area contributed by atoms with E-state index >= 15 is 0 Å². The Labute approximate surface area is 641 Å². The van der Waals surface area contributed by atoms with Gasteiger partial charge in [-0.3, -0.25) is 38.4 Å². The van der Waals surface area contributed by atoms with Crippen LogP contribution in [0.3, 0.4) is 0 Å². The molecule has 0 bridgehead atoms. The standard InChI is InChI=1S/C23H23N3O3.C23H23N3O2.C22H24N2O3.C22H24N2O2/c1-13(2)19-20(21(28)17-7-15(10-24)6-16(8-17)11-25)18(14(3)26-22(19)29)9-23(12-27)4-5-23;1-13(2)19-20(21(27)17-8-14(3)7-16(9-17)11-24)18(15(4)26-22(19)28)10-23(12-25)5-6-23;1-12(2)18-19(20(25)16-8-13(3)7-15(9-16)11-23)17(10-22(27)5-6-22)14(4)24-21(18)26;1-12(2)19-20(18(10-15-5-6-15)14(4)24-22(19)26)21(25)17-8-13(3)7-16(9-17)11-23/h6-8,13,27H,4-5,9,12H2,1-3H3,(H,26,29);7-9,13H,5-6,10H2,1-4H3,(H,26,28);7-9,12,27H,5-6,10H2,1-4H3,(H,24,26);7-9,12,15H,5-6,10H2,1-4H3,(H,24,26). The molecular weight excluding hydrogens is 1380 g/mol. The van der Waals surface area contributed by atoms with Crippen LogP contribution in [0.4, 0.5) is 0 Å². The minimum atomic E-state index is -0.795. The van der Waals surface area contributed by atoms with Crippen molar-refractivity contribution in [3.8, 4) is 36.4 Å². The highest BCUT2D eigenvalue weighted by Gasteiger charge is 2.46. The van der Waals surface area contributed by atoms with Gasteiger partial charge in [-0.15, -0.1) is 0 Å². The highest BCUT2D eigenvalue weighted by atomic mass is 16.3. The first kappa shape index (κ1) is 82.3. The molecule has 20 heteroatoms. The third-order valence-electron chi connectivity index (χ3n) is 21.3. The van der Waals surface area contributed by atoms with Crippen LogP contribution in [0.5, 0.6) is 0 Å². The number of ketones is 4. The molecule has 4 saturated carbocycles. The van der Waals surface area contributed by atoms with E-state index in [-0.39, 0.29) is 97.8 Å². The number of aliphatic hydroxyl groups is 2. The number of benzene rings is 4. The number of nitrogens with zero attached hydrogens (tertiary/aromatic N) is 6. The van der Waals surface area contributed by atoms with E-state index in [0.717, 1.165) is 71.2 Å². The smallest absolute Gasteiger partial charge is 0.252 e. The molecule has 564 valence electrons. The van der Waals surface area contributed by atoms with E-state index in [2.05, 4.69) is 44.2 Å². The molecule has 4 fully saturated rings. The van der Waals surface area contributed by atoms with Gasteiger partial charge in [0.25, 0.3) is 22.2 Å². The molecule has 4 aromatic carbocycles. The van der Waals surface area contributed by atoms with Crippen LogP contribution in [-0.4, -0.2) is 65.5 Å². The Kier molecular flexibility index (Phi) is 25.0. The van der Waals surface area contributed by atoms with Gasteiger partial charge in [0.15, 0.2) is 23.1 Å². The summed E-state index contributed by atoms with van der Waals surface area (Å²) in [6, 6.07) is 32.2. The topological polar surface area (TPSA) is 383 Å². The van der Waals surface area contributed by atoms with Crippen molar-refractivity contribution in [2.24, 2.45) is 16.7 Å². The van der Waals surface area contributed by atoms with Gasteiger partial charge >= 0.3 is 0 Å². The Morgan fingerprint density at radius 2 is 0.682 bits per heavy atom. The van der Waals surface area contributed by atoms with Gasteiger partial charge in [0.2, 0.25) is 0 Å². The van der Waals surface area contributed by atoms with Gasteiger partial charge in [0, 0.05) is 103 Å². The second-order valence-corrected chi connectivity index (χ2v) is 31.9. The maximum absolute atomic E-state index is 13.6. The predicted octanol–water partition coefficient (Wildman–Crippen LogP) is 14.6. The quantitative estimate of drug-likeness (QED) is 0.0364. The van der Waals surface area contributed by atoms with Gasteiger partial charge in [0.05, 0.1) is 75.2 Å². The van der Waals surface area contributed by atoms with E-state index in [9.17, 15) is 80.1 Å². The van der Waals surface area contributed by atoms with Crippen molar-refractivity contribution in [2.75, 3.05) is 6.61 Å². The summed E-state index contributed by atoms with van der Waals surface area (Å²) in [5.41, 5.74) is 12.4. The predicted molar refractivity (Wildman–Crippen MR) is 419 cm³/mol. The summed E-state index contributed by atoms with van der Waals surface area (Å²) in [7, 11) is 0. The Morgan fingerprint density at radius 1 is 0.400 bits per heavy atom. The van der Waals surface area contributed by atoms with Crippen LogP contribution in [0, 0.1) is 133 Å². The number of carbonyl (C=O) groups is 4. The van der Waals surface area contributed by atoms with Gasteiger partial charge in [-0.1, -0.05) is 55.4 Å². The maximum atomic E-state index is 13.6. The third kappa shape index (κ3) is 18.5. The summed E-state index contributed by atoms with van der Waals surface area (Å²) >= 11 is 0. The number of pyridine rings is 4. The Morgan fingerprint density at radius 3 is 0.945 bits per heavy atom. The Bertz CT molecular complexity index is 5570. The summed E-state index contributed by atoms with van der Waals surface area (Å²) in [6.07, 6.45) is 9.18. The molecule has 0 aliphatic heterocycles. The second kappa shape index (κ2) is 33.4. The molecule has 110 heavy (non-hydrogen) atoms. The molecule has 4 aliphatic carbocycles. The van der Waals surface area contributed by atoms with Crippen molar-refractivity contribution in [1.82, 2.24) is 19.9 Å². The molecule has 0 atom stereocenters. The molecule has 4 aromatic heterocycles. The molecule has 0 saturated heterocycles. The van der Waals surface area contributed by atoms with Crippen molar-refractivity contribution in [2.45, 2.75) is 210 Å². The first-order valence-electron chi connectivity index (χ1n) is 37.4.